The van der Waals surface area contributed by atoms with Crippen LogP contribution in [0.4, 0.5) is 0 Å². The maximum atomic E-state index is 13.0. The number of hydrogen-bond donors (Lipinski definition) is 1. The van der Waals surface area contributed by atoms with Crippen LogP contribution >= 0.6 is 0 Å². The van der Waals surface area contributed by atoms with Gasteiger partial charge in [0, 0.05) is 36.9 Å². The summed E-state index contributed by atoms with van der Waals surface area (Å²) < 4.78 is 0. The van der Waals surface area contributed by atoms with Gasteiger partial charge in [-0.1, -0.05) is 24.3 Å². The van der Waals surface area contributed by atoms with Crippen LogP contribution in [0.1, 0.15) is 21.5 Å². The first-order chi connectivity index (χ1) is 20.1. The van der Waals surface area contributed by atoms with Gasteiger partial charge in [-0.3, -0.25) is 24.7 Å². The first-order valence-corrected chi connectivity index (χ1v) is 13.2. The molecule has 41 heavy (non-hydrogen) atoms. The molecule has 0 spiro atoms. The third-order valence-electron chi connectivity index (χ3n) is 6.62. The molecule has 0 aliphatic carbocycles. The molecule has 0 saturated carbocycles. The van der Waals surface area contributed by atoms with Gasteiger partial charge in [-0.15, -0.1) is 0 Å². The highest BCUT2D eigenvalue weighted by molar-refractivity contribution is 5.94. The highest BCUT2D eigenvalue weighted by atomic mass is 16.1. The van der Waals surface area contributed by atoms with Crippen LogP contribution in [0.15, 0.2) is 122 Å². The molecule has 0 atom stereocenters. The lowest BCUT2D eigenvalue weighted by atomic mass is 10.0. The summed E-state index contributed by atoms with van der Waals surface area (Å²) in [7, 11) is 0. The third kappa shape index (κ3) is 6.04. The number of rotatable bonds is 7. The second-order valence-corrected chi connectivity index (χ2v) is 9.58. The minimum absolute atomic E-state index is 0.151. The monoisotopic (exact) mass is 534 g/mol. The zero-order valence-corrected chi connectivity index (χ0v) is 22.4. The Bertz CT molecular complexity index is 1750. The smallest absolute Gasteiger partial charge is 0.251 e. The molecule has 5 heterocycles. The standard InChI is InChI=1S/C34H26N6O/c1-23-12-16-37-30(18-23)31-19-24(13-17-38-31)22-39-34(41)26-10-8-25(9-11-26)27-20-32(28-6-2-4-14-35-28)40-33(21-27)29-7-3-5-15-36-29/h2-21H,22H2,1H3,(H,39,41). The number of carbonyl (C=O) groups excluding carboxylic acids is 1. The van der Waals surface area contributed by atoms with Crippen LogP contribution in [0.2, 0.25) is 0 Å². The predicted octanol–water partition coefficient (Wildman–Crippen LogP) is 6.57. The summed E-state index contributed by atoms with van der Waals surface area (Å²) in [5, 5.41) is 3.01. The van der Waals surface area contributed by atoms with Crippen LogP contribution in [0, 0.1) is 6.92 Å². The Labute approximate surface area is 238 Å². The molecule has 0 unspecified atom stereocenters. The molecule has 0 aliphatic heterocycles. The van der Waals surface area contributed by atoms with Crippen molar-refractivity contribution < 1.29 is 4.79 Å². The molecule has 0 radical (unpaired) electrons. The number of benzene rings is 1. The highest BCUT2D eigenvalue weighted by Gasteiger charge is 2.12. The van der Waals surface area contributed by atoms with Gasteiger partial charge >= 0.3 is 0 Å². The molecular formula is C34H26N6O. The Balaban J connectivity index is 1.21. The first kappa shape index (κ1) is 25.7. The molecule has 0 aliphatic rings. The molecule has 6 rings (SSSR count). The number of aromatic nitrogens is 5. The molecule has 1 N–H and O–H groups in total. The van der Waals surface area contributed by atoms with Crippen molar-refractivity contribution in [2.45, 2.75) is 13.5 Å². The third-order valence-corrected chi connectivity index (χ3v) is 6.62. The summed E-state index contributed by atoms with van der Waals surface area (Å²) in [5.74, 6) is -0.151. The van der Waals surface area contributed by atoms with E-state index in [2.05, 4.69) is 25.3 Å². The van der Waals surface area contributed by atoms with Gasteiger partial charge in [0.1, 0.15) is 0 Å². The quantitative estimate of drug-likeness (QED) is 0.249. The second-order valence-electron chi connectivity index (χ2n) is 9.58. The van der Waals surface area contributed by atoms with Gasteiger partial charge in [-0.05, 0) is 102 Å². The number of nitrogens with zero attached hydrogens (tertiary/aromatic N) is 5. The summed E-state index contributed by atoms with van der Waals surface area (Å²) in [6.45, 7) is 2.40. The van der Waals surface area contributed by atoms with E-state index in [1.807, 2.05) is 104 Å². The van der Waals surface area contributed by atoms with Crippen LogP contribution in [-0.4, -0.2) is 30.8 Å². The fourth-order valence-corrected chi connectivity index (χ4v) is 4.49. The van der Waals surface area contributed by atoms with Gasteiger partial charge in [0.2, 0.25) is 0 Å². The SMILES string of the molecule is Cc1ccnc(-c2cc(CNC(=O)c3ccc(-c4cc(-c5ccccn5)nc(-c5ccccn5)c4)cc3)ccn2)c1. The topological polar surface area (TPSA) is 93.6 Å². The number of pyridine rings is 5. The van der Waals surface area contributed by atoms with E-state index in [4.69, 9.17) is 4.98 Å². The van der Waals surface area contributed by atoms with Crippen LogP contribution < -0.4 is 5.32 Å². The summed E-state index contributed by atoms with van der Waals surface area (Å²) in [6.07, 6.45) is 7.02. The lowest BCUT2D eigenvalue weighted by Crippen LogP contribution is -2.22. The Kier molecular flexibility index (Phi) is 7.32. The average Bonchev–Trinajstić information content (AvgIpc) is 3.04. The zero-order chi connectivity index (χ0) is 28.0. The van der Waals surface area contributed by atoms with Crippen molar-refractivity contribution >= 4 is 5.91 Å². The Morgan fingerprint density at radius 2 is 1.20 bits per heavy atom. The zero-order valence-electron chi connectivity index (χ0n) is 22.4. The highest BCUT2D eigenvalue weighted by Crippen LogP contribution is 2.29. The number of hydrogen-bond acceptors (Lipinski definition) is 6. The van der Waals surface area contributed by atoms with E-state index in [0.717, 1.165) is 56.4 Å². The molecule has 0 fully saturated rings. The van der Waals surface area contributed by atoms with Crippen molar-refractivity contribution in [3.05, 3.63) is 139 Å². The molecule has 1 amide bonds. The fraction of sp³-hybridized carbons (Fsp3) is 0.0588. The Hall–Kier alpha value is -5.56. The normalized spacial score (nSPS) is 10.8. The number of nitrogens with one attached hydrogen (secondary N) is 1. The van der Waals surface area contributed by atoms with Crippen molar-refractivity contribution in [2.24, 2.45) is 0 Å². The molecule has 1 aromatic carbocycles. The van der Waals surface area contributed by atoms with Crippen molar-refractivity contribution in [2.75, 3.05) is 0 Å². The maximum absolute atomic E-state index is 13.0. The Morgan fingerprint density at radius 3 is 1.80 bits per heavy atom. The van der Waals surface area contributed by atoms with Crippen molar-refractivity contribution in [1.82, 2.24) is 30.2 Å². The van der Waals surface area contributed by atoms with Gasteiger partial charge < -0.3 is 5.32 Å². The number of carbonyl (C=O) groups is 1. The van der Waals surface area contributed by atoms with Gasteiger partial charge in [-0.2, -0.15) is 0 Å². The second kappa shape index (κ2) is 11.7. The van der Waals surface area contributed by atoms with Crippen molar-refractivity contribution in [3.8, 4) is 45.3 Å². The first-order valence-electron chi connectivity index (χ1n) is 13.2. The van der Waals surface area contributed by atoms with E-state index in [1.54, 1.807) is 24.8 Å². The van der Waals surface area contributed by atoms with Gasteiger partial charge in [0.15, 0.2) is 0 Å². The summed E-state index contributed by atoms with van der Waals surface area (Å²) in [5.41, 5.74) is 9.21. The largest absolute Gasteiger partial charge is 0.348 e. The summed E-state index contributed by atoms with van der Waals surface area (Å²) >= 11 is 0. The van der Waals surface area contributed by atoms with Crippen LogP contribution in [0.3, 0.4) is 0 Å². The molecule has 7 heteroatoms. The van der Waals surface area contributed by atoms with Crippen molar-refractivity contribution in [3.63, 3.8) is 0 Å². The molecule has 198 valence electrons. The van der Waals surface area contributed by atoms with E-state index in [0.29, 0.717) is 12.1 Å². The van der Waals surface area contributed by atoms with Gasteiger partial charge in [-0.25, -0.2) is 4.98 Å². The van der Waals surface area contributed by atoms with E-state index in [1.165, 1.54) is 0 Å². The average molecular weight is 535 g/mol. The van der Waals surface area contributed by atoms with Crippen LogP contribution in [-0.2, 0) is 6.54 Å². The van der Waals surface area contributed by atoms with Gasteiger partial charge in [0.05, 0.1) is 34.2 Å². The maximum Gasteiger partial charge on any atom is 0.251 e. The molecular weight excluding hydrogens is 508 g/mol. The van der Waals surface area contributed by atoms with Crippen molar-refractivity contribution in [1.29, 1.82) is 0 Å². The molecule has 6 aromatic rings. The predicted molar refractivity (Wildman–Crippen MR) is 160 cm³/mol. The van der Waals surface area contributed by atoms with E-state index < -0.39 is 0 Å². The molecule has 0 bridgehead atoms. The summed E-state index contributed by atoms with van der Waals surface area (Å²) in [6, 6.07) is 30.9. The lowest BCUT2D eigenvalue weighted by Gasteiger charge is -2.10. The van der Waals surface area contributed by atoms with E-state index in [-0.39, 0.29) is 5.91 Å². The number of amides is 1. The van der Waals surface area contributed by atoms with Gasteiger partial charge in [0.25, 0.3) is 5.91 Å². The van der Waals surface area contributed by atoms with E-state index in [9.17, 15) is 4.79 Å². The van der Waals surface area contributed by atoms with Crippen LogP contribution in [0.25, 0.3) is 45.3 Å². The molecule has 0 saturated heterocycles. The minimum atomic E-state index is -0.151. The number of aryl methyl sites for hydroxylation is 1. The minimum Gasteiger partial charge on any atom is -0.348 e. The van der Waals surface area contributed by atoms with E-state index >= 15 is 0 Å². The lowest BCUT2D eigenvalue weighted by molar-refractivity contribution is 0.0951. The molecule has 7 nitrogen and oxygen atoms in total. The Morgan fingerprint density at radius 1 is 0.585 bits per heavy atom. The van der Waals surface area contributed by atoms with Crippen LogP contribution in [0.5, 0.6) is 0 Å². The fourth-order valence-electron chi connectivity index (χ4n) is 4.49. The summed E-state index contributed by atoms with van der Waals surface area (Å²) in [4.78, 5) is 35.6. The molecule has 5 aromatic heterocycles.